The van der Waals surface area contributed by atoms with E-state index in [1.54, 1.807) is 0 Å². The Hall–Kier alpha value is -1.02. The van der Waals surface area contributed by atoms with Crippen LogP contribution < -0.4 is 4.90 Å². The molecular weight excluding hydrogens is 304 g/mol. The zero-order valence-electron chi connectivity index (χ0n) is 16.6. The molecule has 2 heteroatoms. The SMILES string of the molecule is CCCN1CCC(CCC2CCN(c3ccc(CC)cc3)CC2)CC1. The van der Waals surface area contributed by atoms with Gasteiger partial charge in [-0.2, -0.15) is 0 Å². The van der Waals surface area contributed by atoms with E-state index in [1.165, 1.54) is 88.9 Å². The molecule has 2 fully saturated rings. The molecule has 1 aromatic carbocycles. The molecule has 0 amide bonds. The number of hydrogen-bond acceptors (Lipinski definition) is 2. The molecule has 0 saturated carbocycles. The Morgan fingerprint density at radius 2 is 1.36 bits per heavy atom. The molecule has 0 bridgehead atoms. The van der Waals surface area contributed by atoms with E-state index in [2.05, 4.69) is 47.9 Å². The minimum atomic E-state index is 0.972. The number of rotatable bonds is 7. The molecule has 0 N–H and O–H groups in total. The first-order chi connectivity index (χ1) is 12.3. The minimum Gasteiger partial charge on any atom is -0.372 e. The Morgan fingerprint density at radius 3 is 1.88 bits per heavy atom. The largest absolute Gasteiger partial charge is 0.372 e. The Labute approximate surface area is 155 Å². The van der Waals surface area contributed by atoms with E-state index in [-0.39, 0.29) is 0 Å². The van der Waals surface area contributed by atoms with Crippen molar-refractivity contribution in [3.8, 4) is 0 Å². The summed E-state index contributed by atoms with van der Waals surface area (Å²) >= 11 is 0. The third-order valence-corrected chi connectivity index (χ3v) is 6.55. The number of benzene rings is 1. The lowest BCUT2D eigenvalue weighted by Crippen LogP contribution is -2.35. The predicted molar refractivity (Wildman–Crippen MR) is 109 cm³/mol. The normalized spacial score (nSPS) is 21.0. The van der Waals surface area contributed by atoms with E-state index in [0.717, 1.165) is 18.3 Å². The molecule has 2 nitrogen and oxygen atoms in total. The van der Waals surface area contributed by atoms with Gasteiger partial charge in [-0.1, -0.05) is 38.8 Å². The van der Waals surface area contributed by atoms with Gasteiger partial charge in [-0.15, -0.1) is 0 Å². The highest BCUT2D eigenvalue weighted by Crippen LogP contribution is 2.30. The van der Waals surface area contributed by atoms with Gasteiger partial charge in [0, 0.05) is 18.8 Å². The van der Waals surface area contributed by atoms with E-state index in [9.17, 15) is 0 Å². The van der Waals surface area contributed by atoms with Crippen molar-refractivity contribution in [1.29, 1.82) is 0 Å². The molecule has 0 radical (unpaired) electrons. The van der Waals surface area contributed by atoms with Crippen LogP contribution in [0.2, 0.25) is 0 Å². The second-order valence-corrected chi connectivity index (χ2v) is 8.31. The highest BCUT2D eigenvalue weighted by Gasteiger charge is 2.23. The van der Waals surface area contributed by atoms with Crippen LogP contribution in [-0.2, 0) is 6.42 Å². The standard InChI is InChI=1S/C23H38N2/c1-3-15-24-16-11-21(12-17-24)5-6-22-13-18-25(19-14-22)23-9-7-20(4-2)8-10-23/h7-10,21-22H,3-6,11-19H2,1-2H3. The quantitative estimate of drug-likeness (QED) is 0.657. The maximum absolute atomic E-state index is 2.67. The molecule has 2 aliphatic heterocycles. The van der Waals surface area contributed by atoms with Gasteiger partial charge in [0.1, 0.15) is 0 Å². The summed E-state index contributed by atoms with van der Waals surface area (Å²) in [6, 6.07) is 9.24. The van der Waals surface area contributed by atoms with E-state index in [4.69, 9.17) is 0 Å². The summed E-state index contributed by atoms with van der Waals surface area (Å²) in [6.07, 6.45) is 11.1. The van der Waals surface area contributed by atoms with Crippen molar-refractivity contribution < 1.29 is 0 Å². The monoisotopic (exact) mass is 342 g/mol. The number of nitrogens with zero attached hydrogens (tertiary/aromatic N) is 2. The molecule has 0 aliphatic carbocycles. The van der Waals surface area contributed by atoms with Crippen molar-refractivity contribution >= 4 is 5.69 Å². The molecule has 0 unspecified atom stereocenters. The summed E-state index contributed by atoms with van der Waals surface area (Å²) in [5, 5.41) is 0. The molecule has 0 atom stereocenters. The van der Waals surface area contributed by atoms with Crippen LogP contribution in [0, 0.1) is 11.8 Å². The highest BCUT2D eigenvalue weighted by atomic mass is 15.1. The van der Waals surface area contributed by atoms with E-state index in [0.29, 0.717) is 0 Å². The number of piperidine rings is 2. The molecule has 25 heavy (non-hydrogen) atoms. The van der Waals surface area contributed by atoms with Crippen molar-refractivity contribution in [1.82, 2.24) is 4.90 Å². The van der Waals surface area contributed by atoms with Gasteiger partial charge in [0.05, 0.1) is 0 Å². The second kappa shape index (κ2) is 9.62. The van der Waals surface area contributed by atoms with Crippen molar-refractivity contribution in [2.45, 2.75) is 65.2 Å². The molecular formula is C23H38N2. The van der Waals surface area contributed by atoms with Crippen LogP contribution in [0.25, 0.3) is 0 Å². The zero-order chi connectivity index (χ0) is 17.5. The van der Waals surface area contributed by atoms with Crippen LogP contribution in [0.5, 0.6) is 0 Å². The minimum absolute atomic E-state index is 0.972. The average Bonchev–Trinajstić information content (AvgIpc) is 2.68. The first-order valence-corrected chi connectivity index (χ1v) is 10.8. The van der Waals surface area contributed by atoms with Gasteiger partial charge in [0.2, 0.25) is 0 Å². The lowest BCUT2D eigenvalue weighted by molar-refractivity contribution is 0.172. The summed E-state index contributed by atoms with van der Waals surface area (Å²) < 4.78 is 0. The maximum Gasteiger partial charge on any atom is 0.0366 e. The Bertz CT molecular complexity index is 479. The van der Waals surface area contributed by atoms with Crippen LogP contribution in [0.15, 0.2) is 24.3 Å². The molecule has 0 aromatic heterocycles. The van der Waals surface area contributed by atoms with Gasteiger partial charge in [0.25, 0.3) is 0 Å². The van der Waals surface area contributed by atoms with Gasteiger partial charge < -0.3 is 9.80 Å². The van der Waals surface area contributed by atoms with Gasteiger partial charge in [0.15, 0.2) is 0 Å². The molecule has 2 saturated heterocycles. The first-order valence-electron chi connectivity index (χ1n) is 10.8. The first kappa shape index (κ1) is 18.8. The topological polar surface area (TPSA) is 6.48 Å². The van der Waals surface area contributed by atoms with Crippen LogP contribution in [-0.4, -0.2) is 37.6 Å². The van der Waals surface area contributed by atoms with Gasteiger partial charge in [-0.3, -0.25) is 0 Å². The highest BCUT2D eigenvalue weighted by molar-refractivity contribution is 5.47. The fraction of sp³-hybridized carbons (Fsp3) is 0.739. The van der Waals surface area contributed by atoms with Gasteiger partial charge >= 0.3 is 0 Å². The Morgan fingerprint density at radius 1 is 0.800 bits per heavy atom. The summed E-state index contributed by atoms with van der Waals surface area (Å²) in [7, 11) is 0. The van der Waals surface area contributed by atoms with Crippen LogP contribution in [0.1, 0.15) is 64.4 Å². The molecule has 2 heterocycles. The summed E-state index contributed by atoms with van der Waals surface area (Å²) in [4.78, 5) is 5.26. The summed E-state index contributed by atoms with van der Waals surface area (Å²) in [6.45, 7) is 11.1. The fourth-order valence-corrected chi connectivity index (χ4v) is 4.71. The third-order valence-electron chi connectivity index (χ3n) is 6.55. The third kappa shape index (κ3) is 5.48. The lowest BCUT2D eigenvalue weighted by Gasteiger charge is -2.35. The van der Waals surface area contributed by atoms with Crippen molar-refractivity contribution in [2.24, 2.45) is 11.8 Å². The van der Waals surface area contributed by atoms with Gasteiger partial charge in [-0.25, -0.2) is 0 Å². The maximum atomic E-state index is 2.67. The number of hydrogen-bond donors (Lipinski definition) is 0. The number of aryl methyl sites for hydroxylation is 1. The zero-order valence-corrected chi connectivity index (χ0v) is 16.6. The summed E-state index contributed by atoms with van der Waals surface area (Å²) in [5.74, 6) is 1.98. The van der Waals surface area contributed by atoms with Crippen LogP contribution >= 0.6 is 0 Å². The van der Waals surface area contributed by atoms with Crippen LogP contribution in [0.4, 0.5) is 5.69 Å². The fourth-order valence-electron chi connectivity index (χ4n) is 4.71. The molecule has 1 aromatic rings. The second-order valence-electron chi connectivity index (χ2n) is 8.31. The van der Waals surface area contributed by atoms with Crippen molar-refractivity contribution in [2.75, 3.05) is 37.6 Å². The van der Waals surface area contributed by atoms with Crippen molar-refractivity contribution in [3.63, 3.8) is 0 Å². The smallest absolute Gasteiger partial charge is 0.0366 e. The lowest BCUT2D eigenvalue weighted by atomic mass is 9.85. The van der Waals surface area contributed by atoms with E-state index < -0.39 is 0 Å². The molecule has 140 valence electrons. The number of likely N-dealkylation sites (tertiary alicyclic amines) is 1. The molecule has 2 aliphatic rings. The molecule has 0 spiro atoms. The molecule has 3 rings (SSSR count). The summed E-state index contributed by atoms with van der Waals surface area (Å²) in [5.41, 5.74) is 2.88. The Balaban J connectivity index is 1.35. The van der Waals surface area contributed by atoms with Crippen molar-refractivity contribution in [3.05, 3.63) is 29.8 Å². The van der Waals surface area contributed by atoms with E-state index in [1.807, 2.05) is 0 Å². The predicted octanol–water partition coefficient (Wildman–Crippen LogP) is 5.37. The average molecular weight is 343 g/mol. The van der Waals surface area contributed by atoms with E-state index >= 15 is 0 Å². The van der Waals surface area contributed by atoms with Gasteiger partial charge in [-0.05, 0) is 87.7 Å². The Kier molecular flexibility index (Phi) is 7.22. The number of anilines is 1. The van der Waals surface area contributed by atoms with Crippen LogP contribution in [0.3, 0.4) is 0 Å².